The molecular formula is C23H19N5O6. The van der Waals surface area contributed by atoms with E-state index < -0.39 is 64.2 Å². The molecule has 2 bridgehead atoms. The van der Waals surface area contributed by atoms with E-state index in [1.165, 1.54) is 12.3 Å². The van der Waals surface area contributed by atoms with Crippen molar-refractivity contribution in [2.75, 3.05) is 0 Å². The van der Waals surface area contributed by atoms with Crippen molar-refractivity contribution in [2.24, 2.45) is 35.4 Å². The predicted molar refractivity (Wildman–Crippen MR) is 112 cm³/mol. The van der Waals surface area contributed by atoms with E-state index in [4.69, 9.17) is 16.1 Å². The molecule has 11 nitrogen and oxygen atoms in total. The van der Waals surface area contributed by atoms with E-state index in [1.54, 1.807) is 48.5 Å². The van der Waals surface area contributed by atoms with Crippen LogP contribution in [-0.4, -0.2) is 45.1 Å². The Hall–Kier alpha value is -4.09. The highest BCUT2D eigenvalue weighted by atomic mass is 16.3. The van der Waals surface area contributed by atoms with Crippen LogP contribution in [0.15, 0.2) is 65.3 Å². The zero-order chi connectivity index (χ0) is 24.0. The largest absolute Gasteiger partial charge is 0.468 e. The molecule has 2 aromatic rings. The standard InChI is InChI=1S/C23H19N5O6/c24-27-18(30)13-15(20(27)32)23(26-17(29)11-5-2-1-3-6-11)9-8-22(13,12-7-4-10-34-12)14-16(23)21(33)28(25)19(14)31/h1-10,13-16H,24-25H2,(H,26,29)/t13-,14+,15+,16-,22?,23?. The monoisotopic (exact) mass is 461 g/mol. The summed E-state index contributed by atoms with van der Waals surface area (Å²) in [6, 6.07) is 11.3. The SMILES string of the molecule is NN1C(=O)[C@@H]2[C@H](C1=O)C1(NC(=O)c3ccccc3)C=CC2(c2ccco2)[C@H]2C(=O)N(N)C(=O)[C@H]21. The molecule has 11 heteroatoms. The summed E-state index contributed by atoms with van der Waals surface area (Å²) in [5.74, 6) is 3.46. The van der Waals surface area contributed by atoms with E-state index in [-0.39, 0.29) is 11.3 Å². The average Bonchev–Trinajstić information content (AvgIpc) is 3.54. The van der Waals surface area contributed by atoms with Crippen LogP contribution in [0, 0.1) is 23.7 Å². The maximum absolute atomic E-state index is 13.4. The summed E-state index contributed by atoms with van der Waals surface area (Å²) in [5.41, 5.74) is -2.92. The molecule has 5 amide bonds. The third-order valence-electron chi connectivity index (χ3n) is 7.69. The van der Waals surface area contributed by atoms with E-state index >= 15 is 0 Å². The summed E-state index contributed by atoms with van der Waals surface area (Å²) < 4.78 is 5.64. The van der Waals surface area contributed by atoms with Crippen LogP contribution < -0.4 is 17.0 Å². The van der Waals surface area contributed by atoms with Crippen LogP contribution in [0.25, 0.3) is 0 Å². The van der Waals surface area contributed by atoms with Crippen LogP contribution in [0.4, 0.5) is 0 Å². The number of hydrogen-bond donors (Lipinski definition) is 3. The Kier molecular flexibility index (Phi) is 3.91. The molecule has 6 atom stereocenters. The second-order valence-electron chi connectivity index (χ2n) is 9.00. The Morgan fingerprint density at radius 3 is 1.88 bits per heavy atom. The number of nitrogens with two attached hydrogens (primary N) is 2. The van der Waals surface area contributed by atoms with Gasteiger partial charge in [0, 0.05) is 5.56 Å². The molecule has 3 aliphatic carbocycles. The van der Waals surface area contributed by atoms with Crippen LogP contribution in [0.3, 0.4) is 0 Å². The summed E-state index contributed by atoms with van der Waals surface area (Å²) in [6.45, 7) is 0. The van der Waals surface area contributed by atoms with Crippen molar-refractivity contribution >= 4 is 29.5 Å². The van der Waals surface area contributed by atoms with Gasteiger partial charge < -0.3 is 9.73 Å². The second kappa shape index (κ2) is 6.49. The van der Waals surface area contributed by atoms with E-state index in [0.29, 0.717) is 10.0 Å². The molecule has 34 heavy (non-hydrogen) atoms. The van der Waals surface area contributed by atoms with E-state index in [0.717, 1.165) is 0 Å². The predicted octanol–water partition coefficient (Wildman–Crippen LogP) is -0.781. The zero-order valence-corrected chi connectivity index (χ0v) is 17.6. The van der Waals surface area contributed by atoms with Gasteiger partial charge in [-0.15, -0.1) is 0 Å². The zero-order valence-electron chi connectivity index (χ0n) is 17.6. The molecule has 5 aliphatic rings. The Morgan fingerprint density at radius 1 is 0.794 bits per heavy atom. The lowest BCUT2D eigenvalue weighted by atomic mass is 9.43. The van der Waals surface area contributed by atoms with Crippen molar-refractivity contribution in [2.45, 2.75) is 11.0 Å². The molecule has 0 radical (unpaired) electrons. The summed E-state index contributed by atoms with van der Waals surface area (Å²) in [4.78, 5) is 66.7. The molecule has 1 aromatic carbocycles. The number of carbonyl (C=O) groups excluding carboxylic acids is 5. The summed E-state index contributed by atoms with van der Waals surface area (Å²) >= 11 is 0. The number of hydrogen-bond acceptors (Lipinski definition) is 8. The lowest BCUT2D eigenvalue weighted by molar-refractivity contribution is -0.144. The minimum Gasteiger partial charge on any atom is -0.468 e. The molecule has 172 valence electrons. The Bertz CT molecular complexity index is 1260. The minimum atomic E-state index is -1.71. The normalized spacial score (nSPS) is 35.7. The first-order valence-corrected chi connectivity index (χ1v) is 10.6. The fraction of sp³-hybridized carbons (Fsp3) is 0.261. The van der Waals surface area contributed by atoms with Gasteiger partial charge in [0.25, 0.3) is 5.91 Å². The van der Waals surface area contributed by atoms with Crippen molar-refractivity contribution in [1.29, 1.82) is 0 Å². The number of benzene rings is 1. The van der Waals surface area contributed by atoms with E-state index in [1.807, 2.05) is 0 Å². The first kappa shape index (κ1) is 20.5. The van der Waals surface area contributed by atoms with E-state index in [9.17, 15) is 24.0 Å². The lowest BCUT2D eigenvalue weighted by Gasteiger charge is -2.58. The highest BCUT2D eigenvalue weighted by molar-refractivity contribution is 6.13. The molecule has 2 unspecified atom stereocenters. The number of rotatable bonds is 3. The van der Waals surface area contributed by atoms with Crippen molar-refractivity contribution in [1.82, 2.24) is 15.3 Å². The first-order chi connectivity index (χ1) is 16.3. The highest BCUT2D eigenvalue weighted by Crippen LogP contribution is 2.65. The fourth-order valence-electron chi connectivity index (χ4n) is 6.35. The van der Waals surface area contributed by atoms with Crippen LogP contribution in [0.1, 0.15) is 16.1 Å². The van der Waals surface area contributed by atoms with Gasteiger partial charge in [-0.25, -0.2) is 21.7 Å². The Balaban J connectivity index is 1.63. The average molecular weight is 461 g/mol. The van der Waals surface area contributed by atoms with Crippen molar-refractivity contribution in [3.63, 3.8) is 0 Å². The number of imide groups is 2. The summed E-state index contributed by atoms with van der Waals surface area (Å²) in [7, 11) is 0. The maximum atomic E-state index is 13.4. The number of amides is 5. The maximum Gasteiger partial charge on any atom is 0.252 e. The summed E-state index contributed by atoms with van der Waals surface area (Å²) in [5, 5.41) is 3.82. The number of carbonyl (C=O) groups is 5. The number of hydrazine groups is 2. The highest BCUT2D eigenvalue weighted by Gasteiger charge is 2.80. The molecule has 5 N–H and O–H groups in total. The van der Waals surface area contributed by atoms with Gasteiger partial charge in [0.2, 0.25) is 23.6 Å². The number of furan rings is 1. The van der Waals surface area contributed by atoms with Crippen LogP contribution >= 0.6 is 0 Å². The van der Waals surface area contributed by atoms with Gasteiger partial charge in [-0.3, -0.25) is 24.0 Å². The Morgan fingerprint density at radius 2 is 1.35 bits per heavy atom. The molecule has 0 spiro atoms. The molecule has 3 heterocycles. The van der Waals surface area contributed by atoms with Crippen molar-refractivity contribution in [3.8, 4) is 0 Å². The van der Waals surface area contributed by atoms with Gasteiger partial charge in [0.1, 0.15) is 5.76 Å². The topological polar surface area (TPSA) is 169 Å². The fourth-order valence-corrected chi connectivity index (χ4v) is 6.35. The molecule has 7 rings (SSSR count). The second-order valence-corrected chi connectivity index (χ2v) is 9.00. The first-order valence-electron chi connectivity index (χ1n) is 10.6. The number of allylic oxidation sites excluding steroid dienone is 1. The number of nitrogens with zero attached hydrogens (tertiary/aromatic N) is 2. The number of nitrogens with one attached hydrogen (secondary N) is 1. The van der Waals surface area contributed by atoms with Crippen LogP contribution in [-0.2, 0) is 24.6 Å². The molecule has 3 fully saturated rings. The third kappa shape index (κ3) is 2.15. The third-order valence-corrected chi connectivity index (χ3v) is 7.69. The van der Waals surface area contributed by atoms with E-state index in [2.05, 4.69) is 5.32 Å². The molecule has 1 saturated carbocycles. The van der Waals surface area contributed by atoms with Gasteiger partial charge in [-0.1, -0.05) is 30.4 Å². The van der Waals surface area contributed by atoms with Crippen molar-refractivity contribution < 1.29 is 28.4 Å². The van der Waals surface area contributed by atoms with Crippen LogP contribution in [0.2, 0.25) is 0 Å². The molecular weight excluding hydrogens is 442 g/mol. The van der Waals surface area contributed by atoms with Gasteiger partial charge in [0.05, 0.1) is 40.9 Å². The van der Waals surface area contributed by atoms with Gasteiger partial charge in [-0.05, 0) is 24.3 Å². The molecule has 1 aromatic heterocycles. The van der Waals surface area contributed by atoms with Gasteiger partial charge in [-0.2, -0.15) is 0 Å². The van der Waals surface area contributed by atoms with Gasteiger partial charge >= 0.3 is 0 Å². The lowest BCUT2D eigenvalue weighted by Crippen LogP contribution is -2.73. The van der Waals surface area contributed by atoms with Crippen molar-refractivity contribution in [3.05, 3.63) is 72.2 Å². The van der Waals surface area contributed by atoms with Gasteiger partial charge in [0.15, 0.2) is 0 Å². The smallest absolute Gasteiger partial charge is 0.252 e. The molecule has 2 aliphatic heterocycles. The Labute approximate surface area is 192 Å². The minimum absolute atomic E-state index is 0.226. The molecule has 2 saturated heterocycles. The quantitative estimate of drug-likeness (QED) is 0.231. The summed E-state index contributed by atoms with van der Waals surface area (Å²) in [6.07, 6.45) is 4.47. The van der Waals surface area contributed by atoms with Crippen LogP contribution in [0.5, 0.6) is 0 Å².